The van der Waals surface area contributed by atoms with Crippen molar-refractivity contribution in [2.75, 3.05) is 0 Å². The molecule has 6 heteroatoms. The lowest BCUT2D eigenvalue weighted by Crippen LogP contribution is -2.25. The van der Waals surface area contributed by atoms with E-state index in [4.69, 9.17) is 0 Å². The van der Waals surface area contributed by atoms with Crippen molar-refractivity contribution in [1.29, 1.82) is 0 Å². The summed E-state index contributed by atoms with van der Waals surface area (Å²) in [5.74, 6) is -5.45. The number of nitrogens with one attached hydrogen (secondary N) is 1. The number of hydroxylamine groups is 1. The molecule has 0 fully saturated rings. The number of halogens is 3. The second-order valence-corrected chi connectivity index (χ2v) is 3.28. The van der Waals surface area contributed by atoms with E-state index in [1.54, 1.807) is 0 Å². The summed E-state index contributed by atoms with van der Waals surface area (Å²) in [6.45, 7) is 3.78. The van der Waals surface area contributed by atoms with Crippen LogP contribution in [0, 0.1) is 31.3 Å². The maximum atomic E-state index is 13.3. The number of carbonyl (C=O) groups excluding carboxylic acids is 1. The molecular formula is C10H10F3NO2. The third kappa shape index (κ3) is 2.10. The Morgan fingerprint density at radius 2 is 1.62 bits per heavy atom. The van der Waals surface area contributed by atoms with E-state index in [1.807, 2.05) is 5.48 Å². The summed E-state index contributed by atoms with van der Waals surface area (Å²) in [5, 5.41) is 0. The summed E-state index contributed by atoms with van der Waals surface area (Å²) in [7, 11) is 0. The standard InChI is InChI=1S/C10H10F3NO2/c1-4-5(2)10(16-14-6(3)15)9(13)8(12)7(4)11/h1-3H3,(H,14,15). The predicted molar refractivity (Wildman–Crippen MR) is 50.2 cm³/mol. The summed E-state index contributed by atoms with van der Waals surface area (Å²) in [4.78, 5) is 15.1. The number of hydrogen-bond acceptors (Lipinski definition) is 2. The number of hydrogen-bond donors (Lipinski definition) is 1. The van der Waals surface area contributed by atoms with Crippen molar-refractivity contribution in [2.24, 2.45) is 0 Å². The monoisotopic (exact) mass is 233 g/mol. The summed E-state index contributed by atoms with van der Waals surface area (Å²) >= 11 is 0. The van der Waals surface area contributed by atoms with Crippen LogP contribution in [0.5, 0.6) is 5.75 Å². The Kier molecular flexibility index (Phi) is 3.41. The fraction of sp³-hybridized carbons (Fsp3) is 0.300. The topological polar surface area (TPSA) is 38.3 Å². The molecule has 3 nitrogen and oxygen atoms in total. The molecule has 0 saturated carbocycles. The molecule has 0 saturated heterocycles. The van der Waals surface area contributed by atoms with Crippen LogP contribution in [0.15, 0.2) is 0 Å². The van der Waals surface area contributed by atoms with Crippen LogP contribution < -0.4 is 10.3 Å². The summed E-state index contributed by atoms with van der Waals surface area (Å²) < 4.78 is 39.3. The van der Waals surface area contributed by atoms with Crippen molar-refractivity contribution in [2.45, 2.75) is 20.8 Å². The van der Waals surface area contributed by atoms with Gasteiger partial charge in [-0.15, -0.1) is 0 Å². The van der Waals surface area contributed by atoms with Crippen LogP contribution in [0.4, 0.5) is 13.2 Å². The third-order valence-corrected chi connectivity index (χ3v) is 2.11. The molecule has 0 aromatic heterocycles. The lowest BCUT2D eigenvalue weighted by Gasteiger charge is -2.12. The zero-order valence-electron chi connectivity index (χ0n) is 8.95. The Balaban J connectivity index is 3.23. The highest BCUT2D eigenvalue weighted by molar-refractivity contribution is 5.71. The van der Waals surface area contributed by atoms with E-state index in [-0.39, 0.29) is 11.1 Å². The lowest BCUT2D eigenvalue weighted by molar-refractivity contribution is -0.125. The quantitative estimate of drug-likeness (QED) is 0.627. The van der Waals surface area contributed by atoms with Gasteiger partial charge in [0.25, 0.3) is 0 Å². The van der Waals surface area contributed by atoms with Crippen molar-refractivity contribution < 1.29 is 22.8 Å². The van der Waals surface area contributed by atoms with Gasteiger partial charge in [0.15, 0.2) is 17.4 Å². The van der Waals surface area contributed by atoms with Gasteiger partial charge in [-0.2, -0.15) is 9.87 Å². The van der Waals surface area contributed by atoms with Crippen molar-refractivity contribution in [3.8, 4) is 5.75 Å². The first-order valence-electron chi connectivity index (χ1n) is 4.43. The third-order valence-electron chi connectivity index (χ3n) is 2.11. The van der Waals surface area contributed by atoms with Gasteiger partial charge in [-0.3, -0.25) is 4.79 Å². The minimum atomic E-state index is -1.62. The molecule has 0 spiro atoms. The Labute approximate surface area is 90.2 Å². The van der Waals surface area contributed by atoms with Crippen molar-refractivity contribution in [1.82, 2.24) is 5.48 Å². The molecule has 0 unspecified atom stereocenters. The van der Waals surface area contributed by atoms with Gasteiger partial charge in [-0.25, -0.2) is 8.78 Å². The minimum Gasteiger partial charge on any atom is -0.376 e. The summed E-state index contributed by atoms with van der Waals surface area (Å²) in [6.07, 6.45) is 0. The fourth-order valence-electron chi connectivity index (χ4n) is 1.10. The molecule has 1 amide bonds. The number of benzene rings is 1. The van der Waals surface area contributed by atoms with Crippen LogP contribution in [0.3, 0.4) is 0 Å². The Morgan fingerprint density at radius 1 is 1.06 bits per heavy atom. The first-order chi connectivity index (χ1) is 7.36. The van der Waals surface area contributed by atoms with Crippen LogP contribution in [-0.4, -0.2) is 5.91 Å². The molecular weight excluding hydrogens is 223 g/mol. The molecule has 1 N–H and O–H groups in total. The Morgan fingerprint density at radius 3 is 2.12 bits per heavy atom. The second-order valence-electron chi connectivity index (χ2n) is 3.28. The van der Waals surface area contributed by atoms with Crippen molar-refractivity contribution in [3.05, 3.63) is 28.6 Å². The van der Waals surface area contributed by atoms with Gasteiger partial charge in [0.2, 0.25) is 11.7 Å². The molecule has 16 heavy (non-hydrogen) atoms. The molecule has 0 atom stereocenters. The summed E-state index contributed by atoms with van der Waals surface area (Å²) in [5.41, 5.74) is 1.87. The van der Waals surface area contributed by atoms with Crippen LogP contribution >= 0.6 is 0 Å². The van der Waals surface area contributed by atoms with Gasteiger partial charge in [0, 0.05) is 12.5 Å². The van der Waals surface area contributed by atoms with E-state index in [2.05, 4.69) is 4.84 Å². The van der Waals surface area contributed by atoms with E-state index in [1.165, 1.54) is 13.8 Å². The van der Waals surface area contributed by atoms with E-state index >= 15 is 0 Å². The second kappa shape index (κ2) is 4.42. The maximum absolute atomic E-state index is 13.3. The van der Waals surface area contributed by atoms with Gasteiger partial charge in [-0.1, -0.05) is 0 Å². The van der Waals surface area contributed by atoms with Crippen LogP contribution in [0.25, 0.3) is 0 Å². The van der Waals surface area contributed by atoms with E-state index < -0.39 is 29.1 Å². The van der Waals surface area contributed by atoms with Gasteiger partial charge in [-0.05, 0) is 19.4 Å². The summed E-state index contributed by atoms with van der Waals surface area (Å²) in [6, 6.07) is 0. The minimum absolute atomic E-state index is 0.0701. The Bertz CT molecular complexity index is 417. The zero-order chi connectivity index (χ0) is 12.5. The van der Waals surface area contributed by atoms with E-state index in [0.717, 1.165) is 6.92 Å². The molecule has 88 valence electrons. The Hall–Kier alpha value is -1.72. The van der Waals surface area contributed by atoms with Gasteiger partial charge in [0.1, 0.15) is 0 Å². The average molecular weight is 233 g/mol. The van der Waals surface area contributed by atoms with Crippen molar-refractivity contribution in [3.63, 3.8) is 0 Å². The van der Waals surface area contributed by atoms with Gasteiger partial charge in [0.05, 0.1) is 0 Å². The number of rotatable bonds is 2. The highest BCUT2D eigenvalue weighted by Gasteiger charge is 2.22. The maximum Gasteiger partial charge on any atom is 0.249 e. The van der Waals surface area contributed by atoms with Crippen LogP contribution in [-0.2, 0) is 4.79 Å². The molecule has 0 aliphatic rings. The molecule has 1 aromatic rings. The molecule has 1 rings (SSSR count). The first kappa shape index (κ1) is 12.4. The molecule has 0 aliphatic carbocycles. The smallest absolute Gasteiger partial charge is 0.249 e. The molecule has 0 aliphatic heterocycles. The SMILES string of the molecule is CC(=O)NOc1c(C)c(C)c(F)c(F)c1F. The predicted octanol–water partition coefficient (Wildman–Crippen LogP) is 2.15. The molecule has 1 aromatic carbocycles. The first-order valence-corrected chi connectivity index (χ1v) is 4.43. The number of amides is 1. The number of carbonyl (C=O) groups is 1. The van der Waals surface area contributed by atoms with E-state index in [9.17, 15) is 18.0 Å². The lowest BCUT2D eigenvalue weighted by atomic mass is 10.1. The van der Waals surface area contributed by atoms with Gasteiger partial charge < -0.3 is 4.84 Å². The van der Waals surface area contributed by atoms with Crippen molar-refractivity contribution >= 4 is 5.91 Å². The highest BCUT2D eigenvalue weighted by Crippen LogP contribution is 2.29. The van der Waals surface area contributed by atoms with E-state index in [0.29, 0.717) is 0 Å². The average Bonchev–Trinajstić information content (AvgIpc) is 2.23. The fourth-order valence-corrected chi connectivity index (χ4v) is 1.10. The zero-order valence-corrected chi connectivity index (χ0v) is 8.95. The molecule has 0 heterocycles. The van der Waals surface area contributed by atoms with Gasteiger partial charge >= 0.3 is 0 Å². The van der Waals surface area contributed by atoms with Crippen LogP contribution in [0.2, 0.25) is 0 Å². The van der Waals surface area contributed by atoms with Crippen LogP contribution in [0.1, 0.15) is 18.1 Å². The largest absolute Gasteiger partial charge is 0.376 e. The molecule has 0 bridgehead atoms. The highest BCUT2D eigenvalue weighted by atomic mass is 19.2. The molecule has 0 radical (unpaired) electrons. The normalized spacial score (nSPS) is 10.1.